The molecule has 108 valence electrons. The number of aromatic nitrogens is 2. The predicted octanol–water partition coefficient (Wildman–Crippen LogP) is 2.37. The van der Waals surface area contributed by atoms with Crippen LogP contribution in [-0.4, -0.2) is 22.1 Å². The van der Waals surface area contributed by atoms with Gasteiger partial charge in [0.05, 0.1) is 6.04 Å². The van der Waals surface area contributed by atoms with Crippen molar-refractivity contribution >= 4 is 34.8 Å². The van der Waals surface area contributed by atoms with Gasteiger partial charge in [0.25, 0.3) is 0 Å². The Morgan fingerprint density at radius 1 is 1.42 bits per heavy atom. The fraction of sp³-hybridized carbons (Fsp3) is 0.750. The van der Waals surface area contributed by atoms with Crippen molar-refractivity contribution in [2.45, 2.75) is 51.5 Å². The second-order valence-electron chi connectivity index (χ2n) is 4.99. The van der Waals surface area contributed by atoms with Crippen LogP contribution < -0.4 is 11.1 Å². The molecule has 2 rings (SSSR count). The van der Waals surface area contributed by atoms with Gasteiger partial charge in [0.1, 0.15) is 5.01 Å². The zero-order chi connectivity index (χ0) is 13.0. The van der Waals surface area contributed by atoms with Crippen LogP contribution in [0.1, 0.15) is 44.0 Å². The molecule has 1 aliphatic rings. The van der Waals surface area contributed by atoms with E-state index in [1.54, 1.807) is 6.92 Å². The van der Waals surface area contributed by atoms with Gasteiger partial charge < -0.3 is 5.73 Å². The van der Waals surface area contributed by atoms with Gasteiger partial charge in [-0.15, -0.1) is 22.6 Å². The molecule has 5 nitrogen and oxygen atoms in total. The van der Waals surface area contributed by atoms with E-state index >= 15 is 0 Å². The lowest BCUT2D eigenvalue weighted by atomic mass is 9.87. The number of carbonyl (C=O) groups is 1. The van der Waals surface area contributed by atoms with Crippen LogP contribution >= 0.6 is 23.7 Å². The Morgan fingerprint density at radius 2 is 2.11 bits per heavy atom. The molecule has 7 heteroatoms. The number of nitrogens with zero attached hydrogens (tertiary/aromatic N) is 2. The molecule has 1 aromatic heterocycles. The number of nitrogens with one attached hydrogen (secondary N) is 1. The quantitative estimate of drug-likeness (QED) is 0.895. The molecule has 0 bridgehead atoms. The van der Waals surface area contributed by atoms with Gasteiger partial charge in [0.15, 0.2) is 0 Å². The zero-order valence-corrected chi connectivity index (χ0v) is 12.7. The second-order valence-corrected chi connectivity index (χ2v) is 6.05. The molecule has 1 unspecified atom stereocenters. The van der Waals surface area contributed by atoms with E-state index in [2.05, 4.69) is 15.5 Å². The van der Waals surface area contributed by atoms with Crippen LogP contribution in [0.5, 0.6) is 0 Å². The molecule has 1 saturated carbocycles. The van der Waals surface area contributed by atoms with Gasteiger partial charge in [-0.2, -0.15) is 0 Å². The van der Waals surface area contributed by atoms with E-state index in [-0.39, 0.29) is 18.3 Å². The summed E-state index contributed by atoms with van der Waals surface area (Å²) in [6, 6.07) is -0.518. The van der Waals surface area contributed by atoms with Crippen molar-refractivity contribution < 1.29 is 4.79 Å². The van der Waals surface area contributed by atoms with Gasteiger partial charge in [-0.3, -0.25) is 10.1 Å². The number of hydrogen-bond donors (Lipinski definition) is 2. The summed E-state index contributed by atoms with van der Waals surface area (Å²) in [7, 11) is 0. The van der Waals surface area contributed by atoms with E-state index in [4.69, 9.17) is 5.73 Å². The molecule has 1 aliphatic carbocycles. The summed E-state index contributed by atoms with van der Waals surface area (Å²) in [5.74, 6) is 0.527. The maximum atomic E-state index is 11.4. The number of rotatable bonds is 4. The van der Waals surface area contributed by atoms with Gasteiger partial charge in [-0.05, 0) is 12.8 Å². The largest absolute Gasteiger partial charge is 0.320 e. The molecule has 1 heterocycles. The molecule has 0 aliphatic heterocycles. The summed E-state index contributed by atoms with van der Waals surface area (Å²) >= 11 is 1.46. The number of halogens is 1. The van der Waals surface area contributed by atoms with Gasteiger partial charge in [0, 0.05) is 6.42 Å². The van der Waals surface area contributed by atoms with Crippen molar-refractivity contribution in [3.63, 3.8) is 0 Å². The lowest BCUT2D eigenvalue weighted by molar-refractivity contribution is -0.117. The topological polar surface area (TPSA) is 80.9 Å². The first-order valence-electron chi connectivity index (χ1n) is 6.54. The highest BCUT2D eigenvalue weighted by Crippen LogP contribution is 2.28. The van der Waals surface area contributed by atoms with Crippen LogP contribution in [0.3, 0.4) is 0 Å². The molecule has 0 aromatic carbocycles. The van der Waals surface area contributed by atoms with Crippen LogP contribution in [0.15, 0.2) is 0 Å². The van der Waals surface area contributed by atoms with Crippen molar-refractivity contribution in [1.82, 2.24) is 10.2 Å². The van der Waals surface area contributed by atoms with Crippen LogP contribution in [0.4, 0.5) is 5.13 Å². The summed E-state index contributed by atoms with van der Waals surface area (Å²) in [6.45, 7) is 1.65. The first-order valence-corrected chi connectivity index (χ1v) is 7.35. The Balaban J connectivity index is 0.00000180. The minimum Gasteiger partial charge on any atom is -0.320 e. The standard InChI is InChI=1S/C12H20N4OS.ClH/c1-8(13)11(17)14-12-16-15-10(18-12)7-9-5-3-2-4-6-9;/h8-9H,2-7,13H2,1H3,(H,14,16,17);1H. The van der Waals surface area contributed by atoms with Gasteiger partial charge >= 0.3 is 0 Å². The maximum Gasteiger partial charge on any atom is 0.242 e. The molecule has 1 aromatic rings. The summed E-state index contributed by atoms with van der Waals surface area (Å²) in [5.41, 5.74) is 5.48. The maximum absolute atomic E-state index is 11.4. The third-order valence-corrected chi connectivity index (χ3v) is 4.16. The van der Waals surface area contributed by atoms with E-state index in [0.29, 0.717) is 5.13 Å². The average Bonchev–Trinajstić information content (AvgIpc) is 2.77. The van der Waals surface area contributed by atoms with E-state index in [1.165, 1.54) is 43.4 Å². The number of hydrogen-bond acceptors (Lipinski definition) is 5. The predicted molar refractivity (Wildman–Crippen MR) is 79.7 cm³/mol. The molecule has 1 amide bonds. The first-order chi connectivity index (χ1) is 8.65. The van der Waals surface area contributed by atoms with E-state index in [1.807, 2.05) is 0 Å². The van der Waals surface area contributed by atoms with Crippen LogP contribution in [-0.2, 0) is 11.2 Å². The van der Waals surface area contributed by atoms with Crippen molar-refractivity contribution in [1.29, 1.82) is 0 Å². The normalized spacial score (nSPS) is 17.6. The lowest BCUT2D eigenvalue weighted by Crippen LogP contribution is -2.32. The minimum absolute atomic E-state index is 0. The van der Waals surface area contributed by atoms with Crippen molar-refractivity contribution in [3.8, 4) is 0 Å². The van der Waals surface area contributed by atoms with Crippen LogP contribution in [0, 0.1) is 5.92 Å². The van der Waals surface area contributed by atoms with Crippen molar-refractivity contribution in [3.05, 3.63) is 5.01 Å². The fourth-order valence-corrected chi connectivity index (χ4v) is 3.10. The zero-order valence-electron chi connectivity index (χ0n) is 11.1. The smallest absolute Gasteiger partial charge is 0.242 e. The van der Waals surface area contributed by atoms with E-state index in [9.17, 15) is 4.79 Å². The summed E-state index contributed by atoms with van der Waals surface area (Å²) in [6.07, 6.45) is 7.60. The molecule has 3 N–H and O–H groups in total. The Bertz CT molecular complexity index is 404. The fourth-order valence-electron chi connectivity index (χ4n) is 2.24. The average molecular weight is 305 g/mol. The van der Waals surface area contributed by atoms with Crippen molar-refractivity contribution in [2.24, 2.45) is 11.7 Å². The number of amides is 1. The SMILES string of the molecule is CC(N)C(=O)Nc1nnc(CC2CCCCC2)s1.Cl. The number of anilines is 1. The Kier molecular flexibility index (Phi) is 6.68. The molecule has 0 saturated heterocycles. The Labute approximate surface area is 123 Å². The summed E-state index contributed by atoms with van der Waals surface area (Å²) < 4.78 is 0. The second kappa shape index (κ2) is 7.77. The highest BCUT2D eigenvalue weighted by Gasteiger charge is 2.17. The third kappa shape index (κ3) is 5.04. The Morgan fingerprint density at radius 3 is 2.74 bits per heavy atom. The van der Waals surface area contributed by atoms with Gasteiger partial charge in [-0.1, -0.05) is 43.4 Å². The highest BCUT2D eigenvalue weighted by atomic mass is 35.5. The molecular formula is C12H21ClN4OS. The molecule has 1 atom stereocenters. The highest BCUT2D eigenvalue weighted by molar-refractivity contribution is 7.15. The minimum atomic E-state index is -0.518. The summed E-state index contributed by atoms with van der Waals surface area (Å²) in [4.78, 5) is 11.4. The molecule has 0 radical (unpaired) electrons. The van der Waals surface area contributed by atoms with E-state index < -0.39 is 6.04 Å². The number of carbonyl (C=O) groups excluding carboxylic acids is 1. The molecule has 19 heavy (non-hydrogen) atoms. The summed E-state index contributed by atoms with van der Waals surface area (Å²) in [5, 5.41) is 12.4. The van der Waals surface area contributed by atoms with Crippen molar-refractivity contribution in [2.75, 3.05) is 5.32 Å². The molecule has 1 fully saturated rings. The Hall–Kier alpha value is -0.720. The van der Waals surface area contributed by atoms with Crippen LogP contribution in [0.2, 0.25) is 0 Å². The monoisotopic (exact) mass is 304 g/mol. The van der Waals surface area contributed by atoms with Gasteiger partial charge in [0.2, 0.25) is 11.0 Å². The molecular weight excluding hydrogens is 284 g/mol. The van der Waals surface area contributed by atoms with Gasteiger partial charge in [-0.25, -0.2) is 0 Å². The van der Waals surface area contributed by atoms with E-state index in [0.717, 1.165) is 17.3 Å². The van der Waals surface area contributed by atoms with Crippen LogP contribution in [0.25, 0.3) is 0 Å². The number of nitrogens with two attached hydrogens (primary N) is 1. The third-order valence-electron chi connectivity index (χ3n) is 3.30. The lowest BCUT2D eigenvalue weighted by Gasteiger charge is -2.19. The first kappa shape index (κ1) is 16.3. The molecule has 0 spiro atoms.